The number of carboxylic acid groups (broad SMARTS) is 1. The Morgan fingerprint density at radius 2 is 2.05 bits per heavy atom. The predicted octanol–water partition coefficient (Wildman–Crippen LogP) is 4.16. The van der Waals surface area contributed by atoms with Gasteiger partial charge in [0.1, 0.15) is 11.5 Å². The van der Waals surface area contributed by atoms with Gasteiger partial charge in [-0.3, -0.25) is 4.72 Å². The number of likely N-dealkylation sites (N-methyl/N-ethyl adjacent to an activating group) is 1. The van der Waals surface area contributed by atoms with E-state index in [-0.39, 0.29) is 40.2 Å². The first-order chi connectivity index (χ1) is 17.3. The van der Waals surface area contributed by atoms with Crippen molar-refractivity contribution in [2.45, 2.75) is 38.1 Å². The van der Waals surface area contributed by atoms with E-state index in [1.165, 1.54) is 25.4 Å². The summed E-state index contributed by atoms with van der Waals surface area (Å²) in [6.07, 6.45) is 3.19. The summed E-state index contributed by atoms with van der Waals surface area (Å²) < 4.78 is 41.3. The van der Waals surface area contributed by atoms with E-state index in [0.29, 0.717) is 22.9 Å². The molecule has 14 heteroatoms. The van der Waals surface area contributed by atoms with E-state index in [4.69, 9.17) is 21.7 Å². The number of sulfonamides is 1. The SMILES string of the molecule is C[C@@H](CNc1nccc(-c2nc(C3(C)CC3)[nH]c2-c2cc(Cl)cc(NS(C)(=O)=O)c2F)n1)N(C)C(=O)O. The highest BCUT2D eigenvalue weighted by Gasteiger charge is 2.43. The largest absolute Gasteiger partial charge is 0.465 e. The highest BCUT2D eigenvalue weighted by Crippen LogP contribution is 2.48. The lowest BCUT2D eigenvalue weighted by molar-refractivity contribution is 0.144. The number of nitrogens with zero attached hydrogens (tertiary/aromatic N) is 4. The Hall–Kier alpha value is -3.45. The third-order valence-electron chi connectivity index (χ3n) is 6.29. The molecule has 37 heavy (non-hydrogen) atoms. The van der Waals surface area contributed by atoms with Crippen molar-refractivity contribution >= 4 is 39.4 Å². The number of hydrogen-bond acceptors (Lipinski definition) is 7. The molecule has 1 amide bonds. The van der Waals surface area contributed by atoms with Gasteiger partial charge in [0, 0.05) is 41.8 Å². The van der Waals surface area contributed by atoms with Crippen LogP contribution in [0.5, 0.6) is 0 Å². The predicted molar refractivity (Wildman–Crippen MR) is 139 cm³/mol. The number of rotatable bonds is 9. The van der Waals surface area contributed by atoms with Gasteiger partial charge in [0.05, 0.1) is 23.3 Å². The average molecular weight is 552 g/mol. The van der Waals surface area contributed by atoms with Crippen molar-refractivity contribution in [2.75, 3.05) is 29.9 Å². The first kappa shape index (κ1) is 26.6. The molecule has 2 heterocycles. The highest BCUT2D eigenvalue weighted by molar-refractivity contribution is 7.92. The normalized spacial score (nSPS) is 15.2. The van der Waals surface area contributed by atoms with Crippen LogP contribution in [0.1, 0.15) is 32.5 Å². The molecule has 1 saturated carbocycles. The smallest absolute Gasteiger partial charge is 0.407 e. The second-order valence-corrected chi connectivity index (χ2v) is 11.6. The summed E-state index contributed by atoms with van der Waals surface area (Å²) in [4.78, 5) is 29.0. The summed E-state index contributed by atoms with van der Waals surface area (Å²) >= 11 is 6.23. The van der Waals surface area contributed by atoms with Crippen LogP contribution in [0, 0.1) is 5.82 Å². The number of anilines is 2. The lowest BCUT2D eigenvalue weighted by Gasteiger charge is -2.21. The van der Waals surface area contributed by atoms with E-state index in [2.05, 4.69) is 25.0 Å². The Kier molecular flexibility index (Phi) is 7.04. The van der Waals surface area contributed by atoms with Gasteiger partial charge < -0.3 is 20.3 Å². The minimum atomic E-state index is -3.76. The Morgan fingerprint density at radius 3 is 2.68 bits per heavy atom. The Balaban J connectivity index is 1.76. The monoisotopic (exact) mass is 551 g/mol. The molecule has 1 aromatic carbocycles. The Morgan fingerprint density at radius 1 is 1.35 bits per heavy atom. The first-order valence-electron chi connectivity index (χ1n) is 11.4. The third-order valence-corrected chi connectivity index (χ3v) is 7.10. The van der Waals surface area contributed by atoms with Crippen LogP contribution in [-0.2, 0) is 15.4 Å². The summed E-state index contributed by atoms with van der Waals surface area (Å²) in [5.74, 6) is 0.0757. The van der Waals surface area contributed by atoms with Crippen molar-refractivity contribution in [2.24, 2.45) is 0 Å². The van der Waals surface area contributed by atoms with Gasteiger partial charge in [-0.2, -0.15) is 0 Å². The van der Waals surface area contributed by atoms with Gasteiger partial charge in [-0.15, -0.1) is 0 Å². The molecule has 1 fully saturated rings. The van der Waals surface area contributed by atoms with Gasteiger partial charge in [-0.1, -0.05) is 18.5 Å². The van der Waals surface area contributed by atoms with E-state index >= 15 is 4.39 Å². The number of aromatic nitrogens is 4. The number of nitrogens with one attached hydrogen (secondary N) is 3. The second-order valence-electron chi connectivity index (χ2n) is 9.45. The number of amides is 1. The van der Waals surface area contributed by atoms with Crippen LogP contribution in [0.15, 0.2) is 24.4 Å². The molecule has 11 nitrogen and oxygen atoms in total. The molecule has 1 aliphatic carbocycles. The van der Waals surface area contributed by atoms with Gasteiger partial charge in [-0.05, 0) is 38.0 Å². The number of benzene rings is 1. The molecule has 0 bridgehead atoms. The van der Waals surface area contributed by atoms with Crippen molar-refractivity contribution in [1.82, 2.24) is 24.8 Å². The topological polar surface area (TPSA) is 153 Å². The molecule has 0 unspecified atom stereocenters. The van der Waals surface area contributed by atoms with E-state index in [9.17, 15) is 13.2 Å². The fourth-order valence-electron chi connectivity index (χ4n) is 3.65. The summed E-state index contributed by atoms with van der Waals surface area (Å²) in [6, 6.07) is 3.86. The molecule has 4 N–H and O–H groups in total. The maximum atomic E-state index is 15.6. The van der Waals surface area contributed by atoms with Crippen molar-refractivity contribution < 1.29 is 22.7 Å². The fourth-order valence-corrected chi connectivity index (χ4v) is 4.42. The molecular formula is C23H27ClFN7O4S. The zero-order chi connectivity index (χ0) is 27.1. The highest BCUT2D eigenvalue weighted by atomic mass is 35.5. The molecule has 1 aliphatic rings. The summed E-state index contributed by atoms with van der Waals surface area (Å²) in [6.45, 7) is 4.04. The summed E-state index contributed by atoms with van der Waals surface area (Å²) in [5.41, 5.74) is 0.572. The van der Waals surface area contributed by atoms with Crippen LogP contribution in [0.3, 0.4) is 0 Å². The van der Waals surface area contributed by atoms with Crippen molar-refractivity contribution in [3.05, 3.63) is 41.1 Å². The standard InChI is InChI=1S/C23H27ClFN7O4S/c1-12(32(3)22(33)34)11-27-21-26-8-5-15(28-21)19-18(29-20(30-19)23(2)6-7-23)14-9-13(24)10-16(17(14)25)31-37(4,35)36/h5,8-10,12,31H,6-7,11H2,1-4H3,(H,29,30)(H,33,34)(H,26,27,28)/t12-/m0/s1. The summed E-state index contributed by atoms with van der Waals surface area (Å²) in [5, 5.41) is 12.3. The molecule has 3 aromatic rings. The van der Waals surface area contributed by atoms with E-state index in [1.54, 1.807) is 13.0 Å². The van der Waals surface area contributed by atoms with Crippen LogP contribution in [0.2, 0.25) is 5.02 Å². The van der Waals surface area contributed by atoms with Crippen molar-refractivity contribution in [1.29, 1.82) is 0 Å². The minimum absolute atomic E-state index is 0.0291. The molecule has 198 valence electrons. The number of H-pyrrole nitrogens is 1. The first-order valence-corrected chi connectivity index (χ1v) is 13.6. The molecule has 1 atom stereocenters. The molecule has 4 rings (SSSR count). The number of hydrogen-bond donors (Lipinski definition) is 4. The Bertz CT molecular complexity index is 1460. The molecule has 2 aromatic heterocycles. The van der Waals surface area contributed by atoms with E-state index in [1.807, 2.05) is 6.92 Å². The number of halogens is 2. The lowest BCUT2D eigenvalue weighted by Crippen LogP contribution is -2.38. The molecule has 0 saturated heterocycles. The van der Waals surface area contributed by atoms with E-state index in [0.717, 1.165) is 24.0 Å². The van der Waals surface area contributed by atoms with Crippen LogP contribution in [-0.4, -0.2) is 70.3 Å². The van der Waals surface area contributed by atoms with Crippen LogP contribution < -0.4 is 10.0 Å². The van der Waals surface area contributed by atoms with Crippen LogP contribution >= 0.6 is 11.6 Å². The maximum absolute atomic E-state index is 15.6. The Labute approximate surface area is 218 Å². The van der Waals surface area contributed by atoms with Gasteiger partial charge in [-0.25, -0.2) is 32.6 Å². The van der Waals surface area contributed by atoms with Crippen LogP contribution in [0.25, 0.3) is 22.6 Å². The van der Waals surface area contributed by atoms with Crippen molar-refractivity contribution in [3.8, 4) is 22.6 Å². The van der Waals surface area contributed by atoms with E-state index < -0.39 is 21.9 Å². The molecule has 0 radical (unpaired) electrons. The second kappa shape index (κ2) is 9.78. The lowest BCUT2D eigenvalue weighted by atomic mass is 10.1. The molecule has 0 aliphatic heterocycles. The van der Waals surface area contributed by atoms with Gasteiger partial charge in [0.2, 0.25) is 16.0 Å². The molecular weight excluding hydrogens is 525 g/mol. The fraction of sp³-hybridized carbons (Fsp3) is 0.391. The average Bonchev–Trinajstić information content (AvgIpc) is 3.41. The quantitative estimate of drug-likeness (QED) is 0.309. The summed E-state index contributed by atoms with van der Waals surface area (Å²) in [7, 11) is -2.29. The van der Waals surface area contributed by atoms with Gasteiger partial charge in [0.15, 0.2) is 5.82 Å². The zero-order valence-electron chi connectivity index (χ0n) is 20.6. The number of aromatic amines is 1. The number of imidazole rings is 1. The minimum Gasteiger partial charge on any atom is -0.465 e. The maximum Gasteiger partial charge on any atom is 0.407 e. The zero-order valence-corrected chi connectivity index (χ0v) is 22.2. The van der Waals surface area contributed by atoms with Crippen molar-refractivity contribution in [3.63, 3.8) is 0 Å². The number of carbonyl (C=O) groups is 1. The van der Waals surface area contributed by atoms with Gasteiger partial charge >= 0.3 is 6.09 Å². The molecule has 0 spiro atoms. The van der Waals surface area contributed by atoms with Crippen LogP contribution in [0.4, 0.5) is 20.8 Å². The third kappa shape index (κ3) is 5.93. The van der Waals surface area contributed by atoms with Gasteiger partial charge in [0.25, 0.3) is 0 Å².